The van der Waals surface area contributed by atoms with E-state index in [9.17, 15) is 23.3 Å². The molecule has 1 unspecified atom stereocenters. The molecule has 1 saturated heterocycles. The summed E-state index contributed by atoms with van der Waals surface area (Å²) < 4.78 is 31.9. The van der Waals surface area contributed by atoms with Crippen LogP contribution in [-0.4, -0.2) is 65.3 Å². The molecule has 2 amide bonds. The van der Waals surface area contributed by atoms with Gasteiger partial charge < -0.3 is 4.74 Å². The SMILES string of the molecule is CCCSc1ccc(-c2nn(-c3ccccc3)cc2/C=C2\C(=O)N(C3CCS(=O)(=O)C3)C(=O)C(C#N)=C2c2ccc(OC)cc2)cc1. The fourth-order valence-electron chi connectivity index (χ4n) is 5.81. The van der Waals surface area contributed by atoms with E-state index in [2.05, 4.69) is 6.92 Å². The third-order valence-electron chi connectivity index (χ3n) is 8.13. The molecule has 238 valence electrons. The third-order valence-corrected chi connectivity index (χ3v) is 11.1. The average Bonchev–Trinajstić information content (AvgIpc) is 3.68. The molecule has 2 aliphatic rings. The Labute approximate surface area is 278 Å². The molecule has 0 bridgehead atoms. The van der Waals surface area contributed by atoms with Gasteiger partial charge in [0.2, 0.25) is 0 Å². The highest BCUT2D eigenvalue weighted by atomic mass is 32.2. The molecule has 1 fully saturated rings. The van der Waals surface area contributed by atoms with E-state index in [0.29, 0.717) is 22.6 Å². The molecule has 11 heteroatoms. The van der Waals surface area contributed by atoms with E-state index in [1.54, 1.807) is 46.8 Å². The van der Waals surface area contributed by atoms with Crippen LogP contribution < -0.4 is 4.74 Å². The predicted octanol–water partition coefficient (Wildman–Crippen LogP) is 5.97. The number of hydrogen-bond acceptors (Lipinski definition) is 8. The topological polar surface area (TPSA) is 122 Å². The number of sulfone groups is 1. The van der Waals surface area contributed by atoms with Gasteiger partial charge in [0.1, 0.15) is 17.4 Å². The van der Waals surface area contributed by atoms with Crippen LogP contribution in [0.3, 0.4) is 0 Å². The minimum atomic E-state index is -3.44. The molecule has 0 N–H and O–H groups in total. The molecular formula is C36H32N4O5S2. The van der Waals surface area contributed by atoms with Crippen LogP contribution >= 0.6 is 11.8 Å². The van der Waals surface area contributed by atoms with Crippen molar-refractivity contribution in [3.63, 3.8) is 0 Å². The molecule has 1 aromatic heterocycles. The van der Waals surface area contributed by atoms with Gasteiger partial charge >= 0.3 is 0 Å². The molecule has 2 aliphatic heterocycles. The van der Waals surface area contributed by atoms with Gasteiger partial charge in [-0.25, -0.2) is 13.1 Å². The number of ether oxygens (including phenoxy) is 1. The van der Waals surface area contributed by atoms with Gasteiger partial charge in [0.05, 0.1) is 41.6 Å². The van der Waals surface area contributed by atoms with Crippen molar-refractivity contribution < 1.29 is 22.7 Å². The van der Waals surface area contributed by atoms with Crippen LogP contribution in [0.4, 0.5) is 0 Å². The van der Waals surface area contributed by atoms with Gasteiger partial charge in [-0.2, -0.15) is 10.4 Å². The zero-order chi connectivity index (χ0) is 33.1. The Balaban J connectivity index is 1.56. The van der Waals surface area contributed by atoms with Crippen LogP contribution in [0.25, 0.3) is 28.6 Å². The van der Waals surface area contributed by atoms with Crippen molar-refractivity contribution in [1.82, 2.24) is 14.7 Å². The largest absolute Gasteiger partial charge is 0.497 e. The number of nitriles is 1. The number of nitrogens with zero attached hydrogens (tertiary/aromatic N) is 4. The summed E-state index contributed by atoms with van der Waals surface area (Å²) in [5.41, 5.74) is 3.32. The van der Waals surface area contributed by atoms with Gasteiger partial charge in [-0.05, 0) is 66.6 Å². The summed E-state index contributed by atoms with van der Waals surface area (Å²) in [5.74, 6) is -0.369. The molecule has 0 radical (unpaired) electrons. The number of para-hydroxylation sites is 1. The first-order valence-electron chi connectivity index (χ1n) is 15.2. The van der Waals surface area contributed by atoms with Gasteiger partial charge in [0, 0.05) is 27.8 Å². The molecular weight excluding hydrogens is 633 g/mol. The third kappa shape index (κ3) is 6.52. The van der Waals surface area contributed by atoms with Crippen molar-refractivity contribution in [3.05, 3.63) is 107 Å². The van der Waals surface area contributed by atoms with Crippen molar-refractivity contribution in [2.45, 2.75) is 30.7 Å². The second kappa shape index (κ2) is 13.4. The first kappa shape index (κ1) is 32.0. The zero-order valence-electron chi connectivity index (χ0n) is 25.9. The molecule has 3 heterocycles. The van der Waals surface area contributed by atoms with Crippen molar-refractivity contribution in [2.24, 2.45) is 0 Å². The molecule has 6 rings (SSSR count). The van der Waals surface area contributed by atoms with Crippen molar-refractivity contribution in [2.75, 3.05) is 24.4 Å². The monoisotopic (exact) mass is 664 g/mol. The van der Waals surface area contributed by atoms with Crippen molar-refractivity contribution in [1.29, 1.82) is 5.26 Å². The van der Waals surface area contributed by atoms with Gasteiger partial charge in [0.15, 0.2) is 9.84 Å². The van der Waals surface area contributed by atoms with Gasteiger partial charge in [-0.3, -0.25) is 14.5 Å². The average molecular weight is 665 g/mol. The number of hydrogen-bond donors (Lipinski definition) is 0. The second-order valence-electron chi connectivity index (χ2n) is 11.3. The number of imide groups is 1. The van der Waals surface area contributed by atoms with Crippen molar-refractivity contribution >= 4 is 45.1 Å². The van der Waals surface area contributed by atoms with Crippen LogP contribution in [0, 0.1) is 11.3 Å². The van der Waals surface area contributed by atoms with E-state index in [0.717, 1.165) is 33.2 Å². The summed E-state index contributed by atoms with van der Waals surface area (Å²) in [4.78, 5) is 30.3. The number of methoxy groups -OCH3 is 1. The minimum Gasteiger partial charge on any atom is -0.497 e. The number of amides is 2. The molecule has 9 nitrogen and oxygen atoms in total. The zero-order valence-corrected chi connectivity index (χ0v) is 27.6. The highest BCUT2D eigenvalue weighted by Crippen LogP contribution is 2.39. The Morgan fingerprint density at radius 2 is 1.70 bits per heavy atom. The Hall–Kier alpha value is -4.92. The van der Waals surface area contributed by atoms with Crippen LogP contribution in [0.15, 0.2) is 101 Å². The number of rotatable bonds is 9. The first-order chi connectivity index (χ1) is 22.7. The van der Waals surface area contributed by atoms with Crippen LogP contribution in [0.2, 0.25) is 0 Å². The van der Waals surface area contributed by atoms with E-state index >= 15 is 0 Å². The summed E-state index contributed by atoms with van der Waals surface area (Å²) in [6.45, 7) is 2.14. The predicted molar refractivity (Wildman–Crippen MR) is 182 cm³/mol. The number of aromatic nitrogens is 2. The number of thioether (sulfide) groups is 1. The fraction of sp³-hybridized carbons (Fsp3) is 0.222. The maximum Gasteiger partial charge on any atom is 0.272 e. The highest BCUT2D eigenvalue weighted by Gasteiger charge is 2.45. The van der Waals surface area contributed by atoms with E-state index < -0.39 is 27.7 Å². The number of benzene rings is 3. The van der Waals surface area contributed by atoms with E-state index in [-0.39, 0.29) is 34.6 Å². The summed E-state index contributed by atoms with van der Waals surface area (Å²) >= 11 is 1.77. The molecule has 0 spiro atoms. The summed E-state index contributed by atoms with van der Waals surface area (Å²) in [6, 6.07) is 25.5. The smallest absolute Gasteiger partial charge is 0.272 e. The van der Waals surface area contributed by atoms with Gasteiger partial charge in [0.25, 0.3) is 11.8 Å². The molecule has 0 aliphatic carbocycles. The molecule has 3 aromatic carbocycles. The van der Waals surface area contributed by atoms with Crippen molar-refractivity contribution in [3.8, 4) is 28.8 Å². The van der Waals surface area contributed by atoms with Gasteiger partial charge in [-0.15, -0.1) is 11.8 Å². The lowest BCUT2D eigenvalue weighted by Crippen LogP contribution is -2.49. The Bertz CT molecular complexity index is 2040. The van der Waals surface area contributed by atoms with Gasteiger partial charge in [-0.1, -0.05) is 49.4 Å². The maximum atomic E-state index is 14.4. The summed E-state index contributed by atoms with van der Waals surface area (Å²) in [6.07, 6.45) is 4.64. The van der Waals surface area contributed by atoms with E-state index in [1.165, 1.54) is 7.11 Å². The summed E-state index contributed by atoms with van der Waals surface area (Å²) in [7, 11) is -1.91. The first-order valence-corrected chi connectivity index (χ1v) is 18.0. The molecule has 4 aromatic rings. The quantitative estimate of drug-likeness (QED) is 0.122. The lowest BCUT2D eigenvalue weighted by atomic mass is 9.86. The standard InChI is InChI=1S/C36H32N4O5S2/c1-3-18-46-30-15-11-25(12-16-30)34-26(22-39(38-34)27-7-5-4-6-8-27)20-31-33(24-9-13-29(45-2)14-10-24)32(21-37)36(42)40(35(31)41)28-17-19-47(43,44)23-28/h4-16,20,22,28H,3,17-19,23H2,1-2H3/b31-20-. The fourth-order valence-corrected chi connectivity index (χ4v) is 8.28. The number of carbonyl (C=O) groups excluding carboxylic acids is 2. The molecule has 1 atom stereocenters. The van der Waals surface area contributed by atoms with Crippen LogP contribution in [0.1, 0.15) is 30.9 Å². The maximum absolute atomic E-state index is 14.4. The van der Waals surface area contributed by atoms with E-state index in [4.69, 9.17) is 9.84 Å². The Morgan fingerprint density at radius 1 is 1.00 bits per heavy atom. The number of carbonyl (C=O) groups is 2. The van der Waals surface area contributed by atoms with Crippen LogP contribution in [0.5, 0.6) is 5.75 Å². The Morgan fingerprint density at radius 3 is 2.32 bits per heavy atom. The summed E-state index contributed by atoms with van der Waals surface area (Å²) in [5, 5.41) is 15.3. The Kier molecular flexibility index (Phi) is 9.16. The van der Waals surface area contributed by atoms with Crippen LogP contribution in [-0.2, 0) is 19.4 Å². The van der Waals surface area contributed by atoms with E-state index in [1.807, 2.05) is 66.9 Å². The second-order valence-corrected chi connectivity index (χ2v) is 14.7. The molecule has 0 saturated carbocycles. The highest BCUT2D eigenvalue weighted by molar-refractivity contribution is 7.99. The normalized spacial score (nSPS) is 18.5. The minimum absolute atomic E-state index is 0.0968. The lowest BCUT2D eigenvalue weighted by molar-refractivity contribution is -0.142. The molecule has 47 heavy (non-hydrogen) atoms. The lowest BCUT2D eigenvalue weighted by Gasteiger charge is -2.32.